The molecule has 0 atom stereocenters. The molecule has 0 saturated carbocycles. The van der Waals surface area contributed by atoms with Gasteiger partial charge in [0.15, 0.2) is 5.82 Å². The van der Waals surface area contributed by atoms with Gasteiger partial charge >= 0.3 is 0 Å². The molecule has 2 aromatic carbocycles. The molecule has 4 nitrogen and oxygen atoms in total. The van der Waals surface area contributed by atoms with Gasteiger partial charge in [-0.15, -0.1) is 0 Å². The fraction of sp³-hybridized carbons (Fsp3) is 0.176. The molecular formula is C17H16FN3OS. The Labute approximate surface area is 137 Å². The van der Waals surface area contributed by atoms with E-state index >= 15 is 0 Å². The fourth-order valence-corrected chi connectivity index (χ4v) is 3.00. The van der Waals surface area contributed by atoms with Gasteiger partial charge in [0.1, 0.15) is 11.6 Å². The summed E-state index contributed by atoms with van der Waals surface area (Å²) in [6.07, 6.45) is 0. The van der Waals surface area contributed by atoms with Crippen molar-refractivity contribution in [3.05, 3.63) is 59.1 Å². The van der Waals surface area contributed by atoms with Crippen molar-refractivity contribution in [2.75, 3.05) is 13.7 Å². The van der Waals surface area contributed by atoms with E-state index in [1.807, 2.05) is 35.1 Å². The van der Waals surface area contributed by atoms with Crippen LogP contribution in [0.2, 0.25) is 0 Å². The van der Waals surface area contributed by atoms with E-state index in [9.17, 15) is 4.39 Å². The first-order valence-electron chi connectivity index (χ1n) is 7.23. The third-order valence-electron chi connectivity index (χ3n) is 3.24. The average Bonchev–Trinajstić information content (AvgIpc) is 3.01. The molecule has 3 rings (SSSR count). The Balaban J connectivity index is 2.08. The van der Waals surface area contributed by atoms with Gasteiger partial charge in [0.25, 0.3) is 0 Å². The first-order valence-corrected chi connectivity index (χ1v) is 8.01. The summed E-state index contributed by atoms with van der Waals surface area (Å²) in [6, 6.07) is 14.1. The molecule has 0 spiro atoms. The van der Waals surface area contributed by atoms with Crippen LogP contribution in [0.25, 0.3) is 17.1 Å². The second-order valence-corrected chi connectivity index (χ2v) is 5.67. The maximum Gasteiger partial charge on any atom is 0.222 e. The summed E-state index contributed by atoms with van der Waals surface area (Å²) in [7, 11) is 1.70. The van der Waals surface area contributed by atoms with Gasteiger partial charge in [-0.3, -0.25) is 4.99 Å². The monoisotopic (exact) mass is 329 g/mol. The van der Waals surface area contributed by atoms with Crippen molar-refractivity contribution < 1.29 is 9.13 Å². The van der Waals surface area contributed by atoms with E-state index in [-0.39, 0.29) is 5.82 Å². The number of ether oxygens (including phenoxy) is 1. The van der Waals surface area contributed by atoms with E-state index < -0.39 is 0 Å². The lowest BCUT2D eigenvalue weighted by Gasteiger charge is -2.07. The Morgan fingerprint density at radius 3 is 2.43 bits per heavy atom. The Kier molecular flexibility index (Phi) is 4.52. The Morgan fingerprint density at radius 1 is 1.13 bits per heavy atom. The quantitative estimate of drug-likeness (QED) is 0.733. The van der Waals surface area contributed by atoms with Crippen molar-refractivity contribution in [3.8, 4) is 22.8 Å². The number of benzene rings is 2. The molecular weight excluding hydrogens is 313 g/mol. The molecule has 0 amide bonds. The van der Waals surface area contributed by atoms with Crippen LogP contribution >= 0.6 is 11.5 Å². The molecule has 1 aromatic heterocycles. The third kappa shape index (κ3) is 3.32. The lowest BCUT2D eigenvalue weighted by Crippen LogP contribution is -1.97. The van der Waals surface area contributed by atoms with Gasteiger partial charge < -0.3 is 4.74 Å². The molecule has 6 heteroatoms. The molecule has 0 radical (unpaired) electrons. The van der Waals surface area contributed by atoms with Crippen LogP contribution in [0.3, 0.4) is 0 Å². The number of hydrogen-bond acceptors (Lipinski definition) is 4. The summed E-state index contributed by atoms with van der Waals surface area (Å²) in [5, 5.41) is 0. The van der Waals surface area contributed by atoms with Gasteiger partial charge in [-0.1, -0.05) is 0 Å². The molecule has 3 aromatic rings. The van der Waals surface area contributed by atoms with Crippen molar-refractivity contribution in [1.29, 1.82) is 0 Å². The van der Waals surface area contributed by atoms with Gasteiger partial charge in [0.2, 0.25) is 4.80 Å². The first-order chi connectivity index (χ1) is 11.2. The number of halogens is 1. The van der Waals surface area contributed by atoms with Crippen LogP contribution in [0, 0.1) is 5.82 Å². The van der Waals surface area contributed by atoms with Crippen LogP contribution in [0.1, 0.15) is 6.92 Å². The maximum absolute atomic E-state index is 13.2. The van der Waals surface area contributed by atoms with Crippen molar-refractivity contribution in [2.24, 2.45) is 4.99 Å². The smallest absolute Gasteiger partial charge is 0.222 e. The first kappa shape index (κ1) is 15.4. The number of hydrogen-bond donors (Lipinski definition) is 0. The topological polar surface area (TPSA) is 39.4 Å². The largest absolute Gasteiger partial charge is 0.494 e. The van der Waals surface area contributed by atoms with Gasteiger partial charge in [-0.25, -0.2) is 8.35 Å². The van der Waals surface area contributed by atoms with E-state index in [4.69, 9.17) is 4.74 Å². The molecule has 0 saturated heterocycles. The molecule has 118 valence electrons. The van der Waals surface area contributed by atoms with E-state index in [0.29, 0.717) is 11.4 Å². The minimum absolute atomic E-state index is 0.262. The second kappa shape index (κ2) is 6.75. The van der Waals surface area contributed by atoms with E-state index in [2.05, 4.69) is 9.98 Å². The minimum atomic E-state index is -0.262. The van der Waals surface area contributed by atoms with Crippen molar-refractivity contribution in [1.82, 2.24) is 8.94 Å². The molecule has 1 heterocycles. The Bertz CT molecular complexity index is 851. The third-order valence-corrected chi connectivity index (χ3v) is 4.25. The molecule has 23 heavy (non-hydrogen) atoms. The number of nitrogens with zero attached hydrogens (tertiary/aromatic N) is 3. The summed E-state index contributed by atoms with van der Waals surface area (Å²) in [5.41, 5.74) is 1.80. The number of rotatable bonds is 4. The zero-order valence-corrected chi connectivity index (χ0v) is 13.7. The van der Waals surface area contributed by atoms with Crippen LogP contribution in [-0.4, -0.2) is 22.6 Å². The molecule has 0 aliphatic rings. The molecule has 0 aliphatic carbocycles. The highest BCUT2D eigenvalue weighted by Gasteiger charge is 2.11. The maximum atomic E-state index is 13.2. The average molecular weight is 329 g/mol. The fourth-order valence-electron chi connectivity index (χ4n) is 2.17. The van der Waals surface area contributed by atoms with Gasteiger partial charge in [-0.05, 0) is 67.0 Å². The van der Waals surface area contributed by atoms with E-state index in [1.165, 1.54) is 23.7 Å². The Hall–Kier alpha value is -2.47. The summed E-state index contributed by atoms with van der Waals surface area (Å²) < 4.78 is 20.6. The van der Waals surface area contributed by atoms with Gasteiger partial charge in [0.05, 0.1) is 12.3 Å². The Morgan fingerprint density at radius 2 is 1.83 bits per heavy atom. The summed E-state index contributed by atoms with van der Waals surface area (Å²) in [4.78, 5) is 9.37. The van der Waals surface area contributed by atoms with Crippen LogP contribution in [0.4, 0.5) is 4.39 Å². The van der Waals surface area contributed by atoms with Crippen molar-refractivity contribution >= 4 is 11.5 Å². The van der Waals surface area contributed by atoms with Gasteiger partial charge in [0, 0.05) is 12.6 Å². The second-order valence-electron chi connectivity index (χ2n) is 4.76. The van der Waals surface area contributed by atoms with Crippen LogP contribution in [-0.2, 0) is 0 Å². The summed E-state index contributed by atoms with van der Waals surface area (Å²) in [5.74, 6) is 1.33. The summed E-state index contributed by atoms with van der Waals surface area (Å²) >= 11 is 1.41. The lowest BCUT2D eigenvalue weighted by atomic mass is 10.2. The van der Waals surface area contributed by atoms with Gasteiger partial charge in [-0.2, -0.15) is 4.98 Å². The van der Waals surface area contributed by atoms with E-state index in [1.54, 1.807) is 19.2 Å². The zero-order chi connectivity index (χ0) is 16.2. The normalized spacial score (nSPS) is 11.7. The van der Waals surface area contributed by atoms with Crippen molar-refractivity contribution in [2.45, 2.75) is 6.92 Å². The molecule has 0 N–H and O–H groups in total. The SMILES string of the molecule is CCOc1ccc(-c2nc(=NC)sn2-c2ccc(F)cc2)cc1. The van der Waals surface area contributed by atoms with Crippen molar-refractivity contribution in [3.63, 3.8) is 0 Å². The lowest BCUT2D eigenvalue weighted by molar-refractivity contribution is 0.340. The van der Waals surface area contributed by atoms with Crippen LogP contribution in [0.15, 0.2) is 53.5 Å². The highest BCUT2D eigenvalue weighted by atomic mass is 32.1. The molecule has 0 bridgehead atoms. The van der Waals surface area contributed by atoms with Crippen LogP contribution in [0.5, 0.6) is 5.75 Å². The van der Waals surface area contributed by atoms with Crippen LogP contribution < -0.4 is 9.54 Å². The van der Waals surface area contributed by atoms with E-state index in [0.717, 1.165) is 22.8 Å². The molecule has 0 fully saturated rings. The number of aromatic nitrogens is 2. The highest BCUT2D eigenvalue weighted by Crippen LogP contribution is 2.24. The molecule has 0 aliphatic heterocycles. The minimum Gasteiger partial charge on any atom is -0.494 e. The molecule has 0 unspecified atom stereocenters. The predicted molar refractivity (Wildman–Crippen MR) is 89.5 cm³/mol. The summed E-state index contributed by atoms with van der Waals surface area (Å²) in [6.45, 7) is 2.58. The highest BCUT2D eigenvalue weighted by molar-refractivity contribution is 7.04. The zero-order valence-electron chi connectivity index (χ0n) is 12.9. The predicted octanol–water partition coefficient (Wildman–Crippen LogP) is 3.67. The standard InChI is InChI=1S/C17H16FN3OS/c1-3-22-15-10-4-12(5-11-15)16-20-17(19-2)23-21(16)14-8-6-13(18)7-9-14/h4-11H,3H2,1-2H3.